The van der Waals surface area contributed by atoms with Gasteiger partial charge in [-0.1, -0.05) is 27.2 Å². The van der Waals surface area contributed by atoms with Crippen molar-refractivity contribution in [1.82, 2.24) is 15.2 Å². The number of aromatic amines is 1. The molecule has 0 radical (unpaired) electrons. The number of nitrogens with zero attached hydrogens (tertiary/aromatic N) is 5. The predicted molar refractivity (Wildman–Crippen MR) is 110 cm³/mol. The zero-order chi connectivity index (χ0) is 19.3. The Labute approximate surface area is 166 Å². The van der Waals surface area contributed by atoms with Gasteiger partial charge in [-0.15, -0.1) is 5.10 Å². The van der Waals surface area contributed by atoms with Crippen LogP contribution >= 0.6 is 0 Å². The molecule has 0 saturated heterocycles. The van der Waals surface area contributed by atoms with Crippen molar-refractivity contribution in [2.75, 3.05) is 6.54 Å². The van der Waals surface area contributed by atoms with Crippen LogP contribution in [0.3, 0.4) is 0 Å². The molecule has 6 nitrogen and oxygen atoms in total. The summed E-state index contributed by atoms with van der Waals surface area (Å²) in [6.45, 7) is 7.22. The summed E-state index contributed by atoms with van der Waals surface area (Å²) in [4.78, 5) is 5.23. The summed E-state index contributed by atoms with van der Waals surface area (Å²) in [5, 5.41) is 20.5. The topological polar surface area (TPSA) is 78.6 Å². The number of pyridine rings is 1. The van der Waals surface area contributed by atoms with Crippen molar-refractivity contribution in [3.63, 3.8) is 0 Å². The summed E-state index contributed by atoms with van der Waals surface area (Å²) in [5.41, 5.74) is 9.21. The molecule has 0 amide bonds. The first-order chi connectivity index (χ1) is 13.5. The van der Waals surface area contributed by atoms with E-state index in [1.54, 1.807) is 0 Å². The maximum Gasteiger partial charge on any atom is 0.107 e. The SMILES string of the molecule is CC(C)(C)c1nc2c(c(-c3cc(C4CC4)[nH]n3)c1C1=NN=NC1)CCCCC2. The van der Waals surface area contributed by atoms with E-state index in [4.69, 9.17) is 10.1 Å². The summed E-state index contributed by atoms with van der Waals surface area (Å²) < 4.78 is 0. The maximum absolute atomic E-state index is 5.23. The molecule has 3 heterocycles. The van der Waals surface area contributed by atoms with Gasteiger partial charge in [-0.3, -0.25) is 10.1 Å². The van der Waals surface area contributed by atoms with Crippen molar-refractivity contribution in [2.24, 2.45) is 15.4 Å². The third kappa shape index (κ3) is 3.09. The summed E-state index contributed by atoms with van der Waals surface area (Å²) in [6, 6.07) is 2.26. The number of H-pyrrole nitrogens is 1. The van der Waals surface area contributed by atoms with Gasteiger partial charge in [0.05, 0.1) is 17.1 Å². The van der Waals surface area contributed by atoms with Crippen molar-refractivity contribution in [3.05, 3.63) is 34.3 Å². The molecular weight excluding hydrogens is 348 g/mol. The van der Waals surface area contributed by atoms with Crippen molar-refractivity contribution in [1.29, 1.82) is 0 Å². The lowest BCUT2D eigenvalue weighted by molar-refractivity contribution is 0.563. The van der Waals surface area contributed by atoms with Crippen LogP contribution in [0.25, 0.3) is 11.3 Å². The minimum absolute atomic E-state index is 0.0911. The first kappa shape index (κ1) is 17.7. The number of aryl methyl sites for hydroxylation is 1. The highest BCUT2D eigenvalue weighted by atomic mass is 15.4. The van der Waals surface area contributed by atoms with Gasteiger partial charge < -0.3 is 0 Å². The van der Waals surface area contributed by atoms with Crippen LogP contribution < -0.4 is 0 Å². The molecule has 0 spiro atoms. The van der Waals surface area contributed by atoms with E-state index >= 15 is 0 Å². The Balaban J connectivity index is 1.79. The Morgan fingerprint density at radius 2 is 1.86 bits per heavy atom. The molecule has 1 aliphatic heterocycles. The number of hydrogen-bond acceptors (Lipinski definition) is 5. The zero-order valence-electron chi connectivity index (χ0n) is 17.0. The Morgan fingerprint density at radius 3 is 2.57 bits per heavy atom. The average Bonchev–Trinajstić information content (AvgIpc) is 3.23. The average molecular weight is 377 g/mol. The molecule has 0 bridgehead atoms. The molecule has 5 rings (SSSR count). The number of nitrogens with one attached hydrogen (secondary N) is 1. The van der Waals surface area contributed by atoms with Gasteiger partial charge in [-0.25, -0.2) is 0 Å². The molecule has 0 atom stereocenters. The molecule has 1 fully saturated rings. The minimum atomic E-state index is -0.0911. The number of rotatable bonds is 3. The van der Waals surface area contributed by atoms with E-state index in [2.05, 4.69) is 47.4 Å². The van der Waals surface area contributed by atoms with Gasteiger partial charge in [0.15, 0.2) is 0 Å². The van der Waals surface area contributed by atoms with E-state index in [1.807, 2.05) is 0 Å². The molecule has 28 heavy (non-hydrogen) atoms. The van der Waals surface area contributed by atoms with Crippen LogP contribution in [-0.2, 0) is 18.3 Å². The summed E-state index contributed by atoms with van der Waals surface area (Å²) >= 11 is 0. The van der Waals surface area contributed by atoms with Crippen molar-refractivity contribution < 1.29 is 0 Å². The van der Waals surface area contributed by atoms with Crippen LogP contribution in [0.5, 0.6) is 0 Å². The highest BCUT2D eigenvalue weighted by Crippen LogP contribution is 2.42. The molecule has 1 N–H and O–H groups in total. The molecule has 2 aromatic heterocycles. The third-order valence-electron chi connectivity index (χ3n) is 6.04. The standard InChI is InChI=1S/C22H28N6/c1-22(2,3)21-20(18-12-23-28-27-18)19(14-7-5-4-6-8-15(14)24-21)17-11-16(25-26-17)13-9-10-13/h11,13H,4-10,12H2,1-3H3,(H,25,26). The lowest BCUT2D eigenvalue weighted by Gasteiger charge is -2.26. The van der Waals surface area contributed by atoms with Crippen LogP contribution in [0, 0.1) is 0 Å². The molecular formula is C22H28N6. The molecule has 0 aromatic carbocycles. The quantitative estimate of drug-likeness (QED) is 0.758. The predicted octanol–water partition coefficient (Wildman–Crippen LogP) is 5.09. The fraction of sp³-hybridized carbons (Fsp3) is 0.591. The second-order valence-electron chi connectivity index (χ2n) is 9.36. The van der Waals surface area contributed by atoms with Gasteiger partial charge in [0.1, 0.15) is 6.54 Å². The molecule has 0 unspecified atom stereocenters. The van der Waals surface area contributed by atoms with E-state index in [9.17, 15) is 0 Å². The van der Waals surface area contributed by atoms with Crippen molar-refractivity contribution in [2.45, 2.75) is 77.0 Å². The van der Waals surface area contributed by atoms with E-state index < -0.39 is 0 Å². The van der Waals surface area contributed by atoms with Gasteiger partial charge >= 0.3 is 0 Å². The lowest BCUT2D eigenvalue weighted by atomic mass is 9.81. The number of fused-ring (bicyclic) bond motifs is 1. The smallest absolute Gasteiger partial charge is 0.107 e. The van der Waals surface area contributed by atoms with E-state index in [0.29, 0.717) is 12.5 Å². The highest BCUT2D eigenvalue weighted by molar-refractivity contribution is 6.09. The lowest BCUT2D eigenvalue weighted by Crippen LogP contribution is -2.23. The van der Waals surface area contributed by atoms with Crippen LogP contribution in [0.1, 0.15) is 87.0 Å². The molecule has 146 valence electrons. The van der Waals surface area contributed by atoms with Crippen molar-refractivity contribution in [3.8, 4) is 11.3 Å². The van der Waals surface area contributed by atoms with Crippen LogP contribution in [0.2, 0.25) is 0 Å². The molecule has 3 aliphatic rings. The first-order valence-electron chi connectivity index (χ1n) is 10.6. The van der Waals surface area contributed by atoms with Crippen LogP contribution in [0.15, 0.2) is 21.5 Å². The fourth-order valence-electron chi connectivity index (χ4n) is 4.44. The maximum atomic E-state index is 5.23. The minimum Gasteiger partial charge on any atom is -0.282 e. The van der Waals surface area contributed by atoms with E-state index in [-0.39, 0.29) is 5.41 Å². The largest absolute Gasteiger partial charge is 0.282 e. The Kier molecular flexibility index (Phi) is 4.18. The van der Waals surface area contributed by atoms with Crippen LogP contribution in [-0.4, -0.2) is 27.4 Å². The second-order valence-corrected chi connectivity index (χ2v) is 9.36. The van der Waals surface area contributed by atoms with Gasteiger partial charge in [0.25, 0.3) is 0 Å². The Hall–Kier alpha value is -2.37. The number of hydrogen-bond donors (Lipinski definition) is 1. The van der Waals surface area contributed by atoms with Crippen LogP contribution in [0.4, 0.5) is 0 Å². The van der Waals surface area contributed by atoms with Gasteiger partial charge in [-0.05, 0) is 55.4 Å². The summed E-state index contributed by atoms with van der Waals surface area (Å²) in [5.74, 6) is 0.654. The first-order valence-corrected chi connectivity index (χ1v) is 10.6. The monoisotopic (exact) mass is 376 g/mol. The van der Waals surface area contributed by atoms with Gasteiger partial charge in [-0.2, -0.15) is 10.2 Å². The molecule has 2 aliphatic carbocycles. The van der Waals surface area contributed by atoms with E-state index in [1.165, 1.54) is 54.6 Å². The van der Waals surface area contributed by atoms with Gasteiger partial charge in [0, 0.05) is 33.8 Å². The normalized spacial score (nSPS) is 19.5. The third-order valence-corrected chi connectivity index (χ3v) is 6.04. The zero-order valence-corrected chi connectivity index (χ0v) is 17.0. The molecule has 6 heteroatoms. The Bertz CT molecular complexity index is 972. The second kappa shape index (κ2) is 6.61. The molecule has 2 aromatic rings. The summed E-state index contributed by atoms with van der Waals surface area (Å²) in [7, 11) is 0. The fourth-order valence-corrected chi connectivity index (χ4v) is 4.44. The van der Waals surface area contributed by atoms with Gasteiger partial charge in [0.2, 0.25) is 0 Å². The van der Waals surface area contributed by atoms with E-state index in [0.717, 1.165) is 35.5 Å². The number of aromatic nitrogens is 3. The molecule has 1 saturated carbocycles. The Morgan fingerprint density at radius 1 is 1.04 bits per heavy atom. The summed E-state index contributed by atoms with van der Waals surface area (Å²) in [6.07, 6.45) is 8.31. The highest BCUT2D eigenvalue weighted by Gasteiger charge is 2.33. The van der Waals surface area contributed by atoms with Crippen molar-refractivity contribution >= 4 is 5.71 Å².